The summed E-state index contributed by atoms with van der Waals surface area (Å²) in [5.41, 5.74) is 9.48. The molecule has 33 heavy (non-hydrogen) atoms. The SMILES string of the molecule is CCC(C)NC(=O)c1c(N)n(/N=C/c2cccc(OC)c2OC)c2nc3ccccc3nc12. The molecule has 3 N–H and O–H groups in total. The van der Waals surface area contributed by atoms with E-state index in [1.165, 1.54) is 4.68 Å². The number of methoxy groups -OCH3 is 2. The van der Waals surface area contributed by atoms with E-state index < -0.39 is 0 Å². The second-order valence-electron chi connectivity index (χ2n) is 7.57. The molecule has 2 aromatic heterocycles. The van der Waals surface area contributed by atoms with Gasteiger partial charge in [0.05, 0.1) is 31.5 Å². The number of hydrogen-bond donors (Lipinski definition) is 2. The number of nitrogens with one attached hydrogen (secondary N) is 1. The van der Waals surface area contributed by atoms with Crippen molar-refractivity contribution < 1.29 is 14.3 Å². The standard InChI is InChI=1S/C24H26N6O3/c1-5-14(2)27-24(31)19-20-23(29-17-11-7-6-10-16(17)28-20)30(22(19)25)26-13-15-9-8-12-18(32-3)21(15)33-4/h6-14H,5,25H2,1-4H3,(H,27,31)/b26-13+. The second-order valence-corrected chi connectivity index (χ2v) is 7.57. The number of rotatable bonds is 7. The van der Waals surface area contributed by atoms with Crippen LogP contribution in [-0.4, -0.2) is 47.0 Å². The molecule has 0 bridgehead atoms. The van der Waals surface area contributed by atoms with E-state index in [1.54, 1.807) is 26.5 Å². The predicted octanol–water partition coefficient (Wildman–Crippen LogP) is 3.59. The lowest BCUT2D eigenvalue weighted by molar-refractivity contribution is 0.0941. The Bertz CT molecular complexity index is 1360. The fraction of sp³-hybridized carbons (Fsp3) is 0.250. The molecule has 2 heterocycles. The van der Waals surface area contributed by atoms with Crippen LogP contribution >= 0.6 is 0 Å². The number of carbonyl (C=O) groups excluding carboxylic acids is 1. The van der Waals surface area contributed by atoms with Gasteiger partial charge in [-0.05, 0) is 37.6 Å². The number of fused-ring (bicyclic) bond motifs is 2. The van der Waals surface area contributed by atoms with Gasteiger partial charge in [-0.2, -0.15) is 9.78 Å². The lowest BCUT2D eigenvalue weighted by Gasteiger charge is -2.11. The molecule has 9 heteroatoms. The van der Waals surface area contributed by atoms with E-state index in [2.05, 4.69) is 15.4 Å². The molecular weight excluding hydrogens is 420 g/mol. The van der Waals surface area contributed by atoms with Crippen molar-refractivity contribution in [2.75, 3.05) is 20.0 Å². The zero-order valence-electron chi connectivity index (χ0n) is 19.0. The van der Waals surface area contributed by atoms with Crippen molar-refractivity contribution in [2.24, 2.45) is 5.10 Å². The van der Waals surface area contributed by atoms with Gasteiger partial charge in [0.2, 0.25) is 0 Å². The number of amides is 1. The lowest BCUT2D eigenvalue weighted by Crippen LogP contribution is -2.32. The molecule has 9 nitrogen and oxygen atoms in total. The molecule has 1 amide bonds. The van der Waals surface area contributed by atoms with E-state index in [1.807, 2.05) is 50.2 Å². The van der Waals surface area contributed by atoms with E-state index in [9.17, 15) is 4.79 Å². The highest BCUT2D eigenvalue weighted by atomic mass is 16.5. The molecule has 2 aromatic carbocycles. The number of benzene rings is 2. The largest absolute Gasteiger partial charge is 0.493 e. The summed E-state index contributed by atoms with van der Waals surface area (Å²) in [6.07, 6.45) is 2.37. The normalized spacial score (nSPS) is 12.4. The smallest absolute Gasteiger partial charge is 0.257 e. The number of carbonyl (C=O) groups is 1. The van der Waals surface area contributed by atoms with E-state index in [-0.39, 0.29) is 23.3 Å². The van der Waals surface area contributed by atoms with Gasteiger partial charge in [-0.15, -0.1) is 0 Å². The van der Waals surface area contributed by atoms with Crippen LogP contribution in [0.3, 0.4) is 0 Å². The minimum absolute atomic E-state index is 0.0201. The molecule has 170 valence electrons. The van der Waals surface area contributed by atoms with E-state index in [0.29, 0.717) is 39.3 Å². The fourth-order valence-electron chi connectivity index (χ4n) is 3.52. The van der Waals surface area contributed by atoms with Gasteiger partial charge in [-0.3, -0.25) is 4.79 Å². The molecule has 0 saturated carbocycles. The number of para-hydroxylation sites is 3. The number of ether oxygens (including phenoxy) is 2. The van der Waals surface area contributed by atoms with Gasteiger partial charge in [-0.25, -0.2) is 9.97 Å². The van der Waals surface area contributed by atoms with Gasteiger partial charge in [0.25, 0.3) is 5.91 Å². The Balaban J connectivity index is 1.91. The highest BCUT2D eigenvalue weighted by Gasteiger charge is 2.24. The first-order valence-electron chi connectivity index (χ1n) is 10.6. The molecule has 4 aromatic rings. The van der Waals surface area contributed by atoms with Crippen molar-refractivity contribution in [1.29, 1.82) is 0 Å². The third-order valence-electron chi connectivity index (χ3n) is 5.44. The second kappa shape index (κ2) is 9.15. The Labute approximate surface area is 191 Å². The first kappa shape index (κ1) is 22.1. The number of nitrogens with two attached hydrogens (primary N) is 1. The molecule has 0 fully saturated rings. The molecule has 0 aliphatic heterocycles. The third kappa shape index (κ3) is 4.05. The van der Waals surface area contributed by atoms with Gasteiger partial charge in [0.15, 0.2) is 17.1 Å². The van der Waals surface area contributed by atoms with Crippen molar-refractivity contribution in [3.63, 3.8) is 0 Å². The Kier molecular flexibility index (Phi) is 6.12. The van der Waals surface area contributed by atoms with Gasteiger partial charge in [0, 0.05) is 11.6 Å². The molecule has 4 rings (SSSR count). The maximum atomic E-state index is 13.1. The zero-order valence-corrected chi connectivity index (χ0v) is 19.0. The van der Waals surface area contributed by atoms with Crippen molar-refractivity contribution in [1.82, 2.24) is 20.0 Å². The first-order chi connectivity index (χ1) is 16.0. The van der Waals surface area contributed by atoms with Crippen LogP contribution < -0.4 is 20.5 Å². The monoisotopic (exact) mass is 446 g/mol. The first-order valence-corrected chi connectivity index (χ1v) is 10.6. The number of nitrogens with zero attached hydrogens (tertiary/aromatic N) is 4. The van der Waals surface area contributed by atoms with Crippen molar-refractivity contribution in [3.8, 4) is 11.5 Å². The van der Waals surface area contributed by atoms with Crippen LogP contribution in [0.5, 0.6) is 11.5 Å². The Morgan fingerprint density at radius 3 is 2.55 bits per heavy atom. The molecule has 0 spiro atoms. The van der Waals surface area contributed by atoms with Gasteiger partial charge in [-0.1, -0.05) is 25.1 Å². The lowest BCUT2D eigenvalue weighted by atomic mass is 10.2. The van der Waals surface area contributed by atoms with Crippen molar-refractivity contribution >= 4 is 40.1 Å². The molecule has 0 aliphatic carbocycles. The quantitative estimate of drug-likeness (QED) is 0.419. The maximum absolute atomic E-state index is 13.1. The van der Waals surface area contributed by atoms with E-state index >= 15 is 0 Å². The summed E-state index contributed by atoms with van der Waals surface area (Å²) in [7, 11) is 3.13. The summed E-state index contributed by atoms with van der Waals surface area (Å²) in [5.74, 6) is 0.944. The highest BCUT2D eigenvalue weighted by Crippen LogP contribution is 2.31. The van der Waals surface area contributed by atoms with Crippen LogP contribution in [-0.2, 0) is 0 Å². The molecule has 1 atom stereocenters. The molecule has 0 aliphatic rings. The molecular formula is C24H26N6O3. The number of nitrogen functional groups attached to an aromatic ring is 1. The topological polar surface area (TPSA) is 117 Å². The number of hydrogen-bond acceptors (Lipinski definition) is 7. The van der Waals surface area contributed by atoms with E-state index in [4.69, 9.17) is 20.2 Å². The van der Waals surface area contributed by atoms with Crippen LogP contribution in [0.2, 0.25) is 0 Å². The third-order valence-corrected chi connectivity index (χ3v) is 5.44. The van der Waals surface area contributed by atoms with Gasteiger partial charge in [0.1, 0.15) is 16.9 Å². The van der Waals surface area contributed by atoms with Crippen LogP contribution in [0.25, 0.3) is 22.2 Å². The Morgan fingerprint density at radius 2 is 1.88 bits per heavy atom. The van der Waals surface area contributed by atoms with Crippen LogP contribution in [0, 0.1) is 0 Å². The van der Waals surface area contributed by atoms with Crippen molar-refractivity contribution in [2.45, 2.75) is 26.3 Å². The fourth-order valence-corrected chi connectivity index (χ4v) is 3.52. The average Bonchev–Trinajstić information content (AvgIpc) is 3.10. The summed E-state index contributed by atoms with van der Waals surface area (Å²) < 4.78 is 12.3. The number of anilines is 1. The summed E-state index contributed by atoms with van der Waals surface area (Å²) in [6, 6.07) is 12.9. The summed E-state index contributed by atoms with van der Waals surface area (Å²) in [6.45, 7) is 3.93. The van der Waals surface area contributed by atoms with E-state index in [0.717, 1.165) is 6.42 Å². The van der Waals surface area contributed by atoms with Gasteiger partial charge < -0.3 is 20.5 Å². The van der Waals surface area contributed by atoms with Gasteiger partial charge >= 0.3 is 0 Å². The average molecular weight is 447 g/mol. The summed E-state index contributed by atoms with van der Waals surface area (Å²) in [5, 5.41) is 7.50. The van der Waals surface area contributed by atoms with Crippen LogP contribution in [0.1, 0.15) is 36.2 Å². The number of aromatic nitrogens is 3. The molecule has 0 saturated heterocycles. The summed E-state index contributed by atoms with van der Waals surface area (Å²) in [4.78, 5) is 22.5. The minimum Gasteiger partial charge on any atom is -0.493 e. The highest BCUT2D eigenvalue weighted by molar-refractivity contribution is 6.10. The molecule has 1 unspecified atom stereocenters. The molecule has 0 radical (unpaired) electrons. The summed E-state index contributed by atoms with van der Waals surface area (Å²) >= 11 is 0. The zero-order chi connectivity index (χ0) is 23.5. The Morgan fingerprint density at radius 1 is 1.15 bits per heavy atom. The maximum Gasteiger partial charge on any atom is 0.257 e. The van der Waals surface area contributed by atoms with Crippen LogP contribution in [0.15, 0.2) is 47.6 Å². The van der Waals surface area contributed by atoms with Crippen LogP contribution in [0.4, 0.5) is 5.82 Å². The predicted molar refractivity (Wildman–Crippen MR) is 129 cm³/mol. The Hall–Kier alpha value is -4.14. The van der Waals surface area contributed by atoms with Crippen molar-refractivity contribution in [3.05, 3.63) is 53.6 Å². The minimum atomic E-state index is -0.315.